The Morgan fingerprint density at radius 1 is 0.927 bits per heavy atom. The van der Waals surface area contributed by atoms with Crippen molar-refractivity contribution in [3.05, 3.63) is 81.8 Å². The largest absolute Gasteiger partial charge is 0.493 e. The summed E-state index contributed by atoms with van der Waals surface area (Å²) in [6.45, 7) is 4.93. The molecule has 0 aromatic heterocycles. The van der Waals surface area contributed by atoms with Crippen LogP contribution in [0.15, 0.2) is 65.6 Å². The topological polar surface area (TPSA) is 105 Å². The number of nitrogens with one attached hydrogen (secondary N) is 1. The Kier molecular flexibility index (Phi) is 10.9. The number of aryl methyl sites for hydroxylation is 1. The number of halogens is 2. The van der Waals surface area contributed by atoms with E-state index in [4.69, 9.17) is 32.7 Å². The van der Waals surface area contributed by atoms with Gasteiger partial charge >= 0.3 is 0 Å². The van der Waals surface area contributed by atoms with E-state index in [1.165, 1.54) is 43.4 Å². The fraction of sp³-hybridized carbons (Fsp3) is 0.310. The molecule has 3 rings (SSSR count). The van der Waals surface area contributed by atoms with E-state index in [2.05, 4.69) is 5.32 Å². The molecule has 2 amide bonds. The van der Waals surface area contributed by atoms with Crippen LogP contribution in [0.5, 0.6) is 11.5 Å². The number of nitrogens with zero attached hydrogens (tertiary/aromatic N) is 2. The molecule has 0 fully saturated rings. The zero-order valence-corrected chi connectivity index (χ0v) is 25.8. The average Bonchev–Trinajstić information content (AvgIpc) is 2.95. The molecule has 1 atom stereocenters. The maximum absolute atomic E-state index is 14.0. The summed E-state index contributed by atoms with van der Waals surface area (Å²) in [4.78, 5) is 28.1. The van der Waals surface area contributed by atoms with Crippen molar-refractivity contribution >= 4 is 50.7 Å². The van der Waals surface area contributed by atoms with Crippen LogP contribution >= 0.6 is 23.2 Å². The van der Waals surface area contributed by atoms with Gasteiger partial charge < -0.3 is 19.7 Å². The minimum absolute atomic E-state index is 0.00140. The minimum atomic E-state index is -4.24. The van der Waals surface area contributed by atoms with Crippen LogP contribution in [-0.2, 0) is 26.2 Å². The summed E-state index contributed by atoms with van der Waals surface area (Å²) >= 11 is 12.3. The lowest BCUT2D eigenvalue weighted by molar-refractivity contribution is -0.139. The minimum Gasteiger partial charge on any atom is -0.493 e. The van der Waals surface area contributed by atoms with Gasteiger partial charge in [-0.1, -0.05) is 47.0 Å². The summed E-state index contributed by atoms with van der Waals surface area (Å²) in [5.74, 6) is -0.327. The third-order valence-electron chi connectivity index (χ3n) is 6.40. The molecule has 3 aromatic rings. The van der Waals surface area contributed by atoms with Crippen LogP contribution in [0.25, 0.3) is 0 Å². The number of hydrogen-bond acceptors (Lipinski definition) is 6. The molecule has 41 heavy (non-hydrogen) atoms. The van der Waals surface area contributed by atoms with Gasteiger partial charge in [0.2, 0.25) is 11.8 Å². The predicted molar refractivity (Wildman–Crippen MR) is 160 cm³/mol. The summed E-state index contributed by atoms with van der Waals surface area (Å²) < 4.78 is 39.6. The van der Waals surface area contributed by atoms with Crippen molar-refractivity contribution in [2.45, 2.75) is 38.3 Å². The molecule has 0 bridgehead atoms. The van der Waals surface area contributed by atoms with E-state index >= 15 is 0 Å². The van der Waals surface area contributed by atoms with Crippen LogP contribution in [0, 0.1) is 6.92 Å². The van der Waals surface area contributed by atoms with Gasteiger partial charge in [-0.05, 0) is 62.7 Å². The van der Waals surface area contributed by atoms with Gasteiger partial charge in [0.15, 0.2) is 11.5 Å². The summed E-state index contributed by atoms with van der Waals surface area (Å²) in [6.07, 6.45) is 0. The van der Waals surface area contributed by atoms with Crippen LogP contribution in [0.4, 0.5) is 5.69 Å². The maximum Gasteiger partial charge on any atom is 0.264 e. The number of carbonyl (C=O) groups is 2. The summed E-state index contributed by atoms with van der Waals surface area (Å²) in [7, 11) is -1.34. The first kappa shape index (κ1) is 32.0. The van der Waals surface area contributed by atoms with Crippen molar-refractivity contribution < 1.29 is 27.5 Å². The van der Waals surface area contributed by atoms with Crippen molar-refractivity contribution in [1.29, 1.82) is 0 Å². The fourth-order valence-corrected chi connectivity index (χ4v) is 5.81. The number of rotatable bonds is 12. The Morgan fingerprint density at radius 2 is 1.59 bits per heavy atom. The Morgan fingerprint density at radius 3 is 2.17 bits per heavy atom. The second-order valence-corrected chi connectivity index (χ2v) is 11.9. The van der Waals surface area contributed by atoms with Crippen molar-refractivity contribution in [2.75, 3.05) is 31.6 Å². The van der Waals surface area contributed by atoms with Gasteiger partial charge in [-0.2, -0.15) is 0 Å². The fourth-order valence-electron chi connectivity index (χ4n) is 4.09. The quantitative estimate of drug-likeness (QED) is 0.303. The van der Waals surface area contributed by atoms with Gasteiger partial charge in [0.25, 0.3) is 10.0 Å². The van der Waals surface area contributed by atoms with Gasteiger partial charge in [-0.25, -0.2) is 8.42 Å². The zero-order chi connectivity index (χ0) is 30.3. The van der Waals surface area contributed by atoms with E-state index in [1.807, 2.05) is 6.92 Å². The average molecular weight is 623 g/mol. The van der Waals surface area contributed by atoms with Crippen LogP contribution in [0.2, 0.25) is 10.0 Å². The third kappa shape index (κ3) is 7.63. The Balaban J connectivity index is 2.10. The zero-order valence-electron chi connectivity index (χ0n) is 23.5. The number of anilines is 1. The molecule has 1 unspecified atom stereocenters. The normalized spacial score (nSPS) is 11.9. The number of methoxy groups -OCH3 is 2. The second-order valence-electron chi connectivity index (χ2n) is 9.20. The first-order valence-electron chi connectivity index (χ1n) is 12.8. The number of likely N-dealkylation sites (N-methyl/N-ethyl adjacent to an activating group) is 1. The molecular weight excluding hydrogens is 589 g/mol. The molecule has 0 heterocycles. The van der Waals surface area contributed by atoms with Gasteiger partial charge in [-0.3, -0.25) is 13.9 Å². The highest BCUT2D eigenvalue weighted by atomic mass is 35.5. The maximum atomic E-state index is 14.0. The molecule has 220 valence electrons. The van der Waals surface area contributed by atoms with E-state index in [0.29, 0.717) is 22.9 Å². The predicted octanol–water partition coefficient (Wildman–Crippen LogP) is 5.07. The molecule has 0 saturated carbocycles. The van der Waals surface area contributed by atoms with Crippen molar-refractivity contribution in [2.24, 2.45) is 0 Å². The third-order valence-corrected chi connectivity index (χ3v) is 8.93. The molecular formula is C29H33Cl2N3O6S. The number of amides is 2. The van der Waals surface area contributed by atoms with E-state index in [0.717, 1.165) is 9.87 Å². The second kappa shape index (κ2) is 13.9. The molecule has 0 aliphatic heterocycles. The molecule has 1 N–H and O–H groups in total. The van der Waals surface area contributed by atoms with Crippen molar-refractivity contribution in [3.8, 4) is 11.5 Å². The van der Waals surface area contributed by atoms with Crippen LogP contribution in [0.1, 0.15) is 25.0 Å². The SMILES string of the molecule is CCNC(=O)C(C)N(Cc1ccc(Cl)c(Cl)c1)C(=O)CN(c1ccc(OC)c(OC)c1)S(=O)(=O)c1ccc(C)cc1. The Hall–Kier alpha value is -3.47. The van der Waals surface area contributed by atoms with Gasteiger partial charge in [-0.15, -0.1) is 0 Å². The van der Waals surface area contributed by atoms with Gasteiger partial charge in [0.05, 0.1) is 34.8 Å². The number of hydrogen-bond donors (Lipinski definition) is 1. The molecule has 0 saturated heterocycles. The molecule has 0 aliphatic rings. The van der Waals surface area contributed by atoms with Crippen LogP contribution < -0.4 is 19.1 Å². The number of sulfonamides is 1. The first-order valence-corrected chi connectivity index (χ1v) is 14.9. The van der Waals surface area contributed by atoms with E-state index in [9.17, 15) is 18.0 Å². The first-order chi connectivity index (χ1) is 19.4. The summed E-state index contributed by atoms with van der Waals surface area (Å²) in [6, 6.07) is 14.8. The number of carbonyl (C=O) groups excluding carboxylic acids is 2. The molecule has 0 spiro atoms. The highest BCUT2D eigenvalue weighted by Crippen LogP contribution is 2.34. The molecule has 12 heteroatoms. The standard InChI is InChI=1S/C29H33Cl2N3O6S/c1-6-32-29(36)20(3)33(17-21-9-13-24(30)25(31)15-21)28(35)18-34(22-10-14-26(39-4)27(16-22)40-5)41(37,38)23-11-7-19(2)8-12-23/h7-16,20H,6,17-18H2,1-5H3,(H,32,36). The Labute approximate surface area is 251 Å². The molecule has 9 nitrogen and oxygen atoms in total. The summed E-state index contributed by atoms with van der Waals surface area (Å²) in [5.41, 5.74) is 1.67. The van der Waals surface area contributed by atoms with E-state index in [1.54, 1.807) is 50.2 Å². The van der Waals surface area contributed by atoms with Crippen LogP contribution in [-0.4, -0.2) is 58.5 Å². The molecule has 0 radical (unpaired) electrons. The van der Waals surface area contributed by atoms with Crippen molar-refractivity contribution in [3.63, 3.8) is 0 Å². The molecule has 0 aliphatic carbocycles. The number of benzene rings is 3. The Bertz CT molecular complexity index is 1500. The highest BCUT2D eigenvalue weighted by Gasteiger charge is 2.33. The lowest BCUT2D eigenvalue weighted by atomic mass is 10.1. The highest BCUT2D eigenvalue weighted by molar-refractivity contribution is 7.92. The van der Waals surface area contributed by atoms with Crippen molar-refractivity contribution in [1.82, 2.24) is 10.2 Å². The van der Waals surface area contributed by atoms with Gasteiger partial charge in [0, 0.05) is 19.2 Å². The van der Waals surface area contributed by atoms with E-state index in [-0.39, 0.29) is 33.8 Å². The monoisotopic (exact) mass is 621 g/mol. The number of ether oxygens (including phenoxy) is 2. The van der Waals surface area contributed by atoms with Crippen LogP contribution in [0.3, 0.4) is 0 Å². The lowest BCUT2D eigenvalue weighted by Crippen LogP contribution is -2.51. The van der Waals surface area contributed by atoms with Gasteiger partial charge in [0.1, 0.15) is 12.6 Å². The lowest BCUT2D eigenvalue weighted by Gasteiger charge is -2.32. The smallest absolute Gasteiger partial charge is 0.264 e. The van der Waals surface area contributed by atoms with E-state index < -0.39 is 28.5 Å². The molecule has 3 aromatic carbocycles. The summed E-state index contributed by atoms with van der Waals surface area (Å²) in [5, 5.41) is 3.35.